The monoisotopic (exact) mass is 274 g/mol. The molecule has 1 fully saturated rings. The van der Waals surface area contributed by atoms with Crippen molar-refractivity contribution in [2.45, 2.75) is 36.4 Å². The van der Waals surface area contributed by atoms with E-state index in [1.54, 1.807) is 10.4 Å². The van der Waals surface area contributed by atoms with Crippen LogP contribution in [0.5, 0.6) is 0 Å². The van der Waals surface area contributed by atoms with Gasteiger partial charge in [0.05, 0.1) is 0 Å². The first-order valence-corrected chi connectivity index (χ1v) is 8.16. The molecule has 1 saturated heterocycles. The maximum atomic E-state index is 12.4. The number of hydrogen-bond acceptors (Lipinski definition) is 4. The zero-order valence-electron chi connectivity index (χ0n) is 9.93. The Balaban J connectivity index is 2.29. The van der Waals surface area contributed by atoms with Crippen LogP contribution in [0.4, 0.5) is 0 Å². The maximum Gasteiger partial charge on any atom is 0.252 e. The van der Waals surface area contributed by atoms with Gasteiger partial charge in [0.25, 0.3) is 10.0 Å². The van der Waals surface area contributed by atoms with Crippen LogP contribution in [0.25, 0.3) is 0 Å². The predicted octanol–water partition coefficient (Wildman–Crippen LogP) is 1.42. The summed E-state index contributed by atoms with van der Waals surface area (Å²) in [4.78, 5) is 1.10. The van der Waals surface area contributed by atoms with Gasteiger partial charge in [-0.25, -0.2) is 8.42 Å². The highest BCUT2D eigenvalue weighted by molar-refractivity contribution is 7.91. The summed E-state index contributed by atoms with van der Waals surface area (Å²) in [5, 5.41) is 0. The smallest absolute Gasteiger partial charge is 0.252 e. The van der Waals surface area contributed by atoms with Gasteiger partial charge in [-0.3, -0.25) is 0 Å². The van der Waals surface area contributed by atoms with Crippen molar-refractivity contribution < 1.29 is 8.42 Å². The van der Waals surface area contributed by atoms with E-state index in [4.69, 9.17) is 5.73 Å². The minimum absolute atomic E-state index is 0.0211. The van der Waals surface area contributed by atoms with Crippen LogP contribution in [-0.4, -0.2) is 31.9 Å². The van der Waals surface area contributed by atoms with Crippen LogP contribution >= 0.6 is 11.3 Å². The molecule has 1 atom stereocenters. The molecule has 1 aliphatic heterocycles. The zero-order valence-corrected chi connectivity index (χ0v) is 11.6. The first-order valence-electron chi connectivity index (χ1n) is 5.90. The quantitative estimate of drug-likeness (QED) is 0.903. The highest BCUT2D eigenvalue weighted by atomic mass is 32.2. The molecule has 96 valence electrons. The van der Waals surface area contributed by atoms with Crippen molar-refractivity contribution in [1.82, 2.24) is 4.31 Å². The third-order valence-electron chi connectivity index (χ3n) is 3.14. The fourth-order valence-corrected chi connectivity index (χ4v) is 5.29. The van der Waals surface area contributed by atoms with Crippen LogP contribution in [0, 0.1) is 0 Å². The number of rotatable bonds is 4. The topological polar surface area (TPSA) is 63.4 Å². The summed E-state index contributed by atoms with van der Waals surface area (Å²) in [6.45, 7) is 3.04. The largest absolute Gasteiger partial charge is 0.329 e. The summed E-state index contributed by atoms with van der Waals surface area (Å²) in [5.74, 6) is 0. The van der Waals surface area contributed by atoms with E-state index >= 15 is 0 Å². The molecule has 0 bridgehead atoms. The second-order valence-electron chi connectivity index (χ2n) is 4.22. The summed E-state index contributed by atoms with van der Waals surface area (Å²) in [5.41, 5.74) is 5.63. The van der Waals surface area contributed by atoms with Crippen LogP contribution in [0.15, 0.2) is 16.3 Å². The van der Waals surface area contributed by atoms with Gasteiger partial charge in [0.1, 0.15) is 4.21 Å². The van der Waals surface area contributed by atoms with E-state index in [0.29, 0.717) is 17.3 Å². The van der Waals surface area contributed by atoms with E-state index in [2.05, 4.69) is 0 Å². The average molecular weight is 274 g/mol. The number of thiophene rings is 1. The molecule has 17 heavy (non-hydrogen) atoms. The van der Waals surface area contributed by atoms with Crippen LogP contribution in [0.1, 0.15) is 24.6 Å². The van der Waals surface area contributed by atoms with Crippen molar-refractivity contribution in [3.63, 3.8) is 0 Å². The lowest BCUT2D eigenvalue weighted by atomic mass is 10.2. The van der Waals surface area contributed by atoms with E-state index in [1.165, 1.54) is 11.3 Å². The van der Waals surface area contributed by atoms with Crippen molar-refractivity contribution >= 4 is 21.4 Å². The number of nitrogens with two attached hydrogens (primary N) is 1. The SMILES string of the molecule is CCc1ccc(S(=O)(=O)N2CCCC2CN)s1. The van der Waals surface area contributed by atoms with Gasteiger partial charge in [0.15, 0.2) is 0 Å². The predicted molar refractivity (Wildman–Crippen MR) is 69.7 cm³/mol. The molecule has 4 nitrogen and oxygen atoms in total. The first kappa shape index (κ1) is 13.0. The fourth-order valence-electron chi connectivity index (χ4n) is 2.16. The van der Waals surface area contributed by atoms with Gasteiger partial charge in [-0.15, -0.1) is 11.3 Å². The fraction of sp³-hybridized carbons (Fsp3) is 0.636. The molecule has 0 aliphatic carbocycles. The molecule has 6 heteroatoms. The van der Waals surface area contributed by atoms with Gasteiger partial charge >= 0.3 is 0 Å². The second-order valence-corrected chi connectivity index (χ2v) is 7.51. The molecule has 0 radical (unpaired) electrons. The lowest BCUT2D eigenvalue weighted by Crippen LogP contribution is -2.39. The number of sulfonamides is 1. The maximum absolute atomic E-state index is 12.4. The molecule has 0 saturated carbocycles. The molecule has 0 amide bonds. The minimum atomic E-state index is -3.32. The Morgan fingerprint density at radius 2 is 2.29 bits per heavy atom. The molecule has 2 rings (SSSR count). The van der Waals surface area contributed by atoms with Crippen molar-refractivity contribution in [1.29, 1.82) is 0 Å². The lowest BCUT2D eigenvalue weighted by Gasteiger charge is -2.21. The highest BCUT2D eigenvalue weighted by Crippen LogP contribution is 2.30. The van der Waals surface area contributed by atoms with Crippen LogP contribution < -0.4 is 5.73 Å². The molecule has 0 aromatic carbocycles. The number of aryl methyl sites for hydroxylation is 1. The van der Waals surface area contributed by atoms with E-state index in [9.17, 15) is 8.42 Å². The second kappa shape index (κ2) is 5.06. The molecule has 2 N–H and O–H groups in total. The summed E-state index contributed by atoms with van der Waals surface area (Å²) < 4.78 is 26.8. The van der Waals surface area contributed by atoms with Gasteiger partial charge < -0.3 is 5.73 Å². The molecule has 1 unspecified atom stereocenters. The van der Waals surface area contributed by atoms with Crippen molar-refractivity contribution in [3.05, 3.63) is 17.0 Å². The van der Waals surface area contributed by atoms with E-state index in [0.717, 1.165) is 24.1 Å². The van der Waals surface area contributed by atoms with Gasteiger partial charge in [-0.2, -0.15) is 4.31 Å². The molecule has 2 heterocycles. The Bertz CT molecular complexity index is 481. The standard InChI is InChI=1S/C11H18N2O2S2/c1-2-10-5-6-11(16-10)17(14,15)13-7-3-4-9(13)8-12/h5-6,9H,2-4,7-8,12H2,1H3. The van der Waals surface area contributed by atoms with Crippen LogP contribution in [0.3, 0.4) is 0 Å². The summed E-state index contributed by atoms with van der Waals surface area (Å²) in [6.07, 6.45) is 2.66. The van der Waals surface area contributed by atoms with Gasteiger partial charge in [0.2, 0.25) is 0 Å². The lowest BCUT2D eigenvalue weighted by molar-refractivity contribution is 0.394. The van der Waals surface area contributed by atoms with Gasteiger partial charge in [0, 0.05) is 24.0 Å². The number of nitrogens with zero attached hydrogens (tertiary/aromatic N) is 1. The van der Waals surface area contributed by atoms with E-state index in [-0.39, 0.29) is 6.04 Å². The Morgan fingerprint density at radius 3 is 2.88 bits per heavy atom. The molecule has 1 aliphatic rings. The molecule has 1 aromatic rings. The first-order chi connectivity index (χ1) is 8.09. The van der Waals surface area contributed by atoms with E-state index < -0.39 is 10.0 Å². The van der Waals surface area contributed by atoms with Gasteiger partial charge in [-0.05, 0) is 31.4 Å². The molecular weight excluding hydrogens is 256 g/mol. The van der Waals surface area contributed by atoms with Crippen molar-refractivity contribution in [2.24, 2.45) is 5.73 Å². The Kier molecular flexibility index (Phi) is 3.87. The summed E-state index contributed by atoms with van der Waals surface area (Å²) in [7, 11) is -3.32. The molecule has 1 aromatic heterocycles. The van der Waals surface area contributed by atoms with Crippen molar-refractivity contribution in [3.8, 4) is 0 Å². The third kappa shape index (κ3) is 2.40. The van der Waals surface area contributed by atoms with Crippen molar-refractivity contribution in [2.75, 3.05) is 13.1 Å². The highest BCUT2D eigenvalue weighted by Gasteiger charge is 2.35. The Morgan fingerprint density at radius 1 is 1.53 bits per heavy atom. The summed E-state index contributed by atoms with van der Waals surface area (Å²) >= 11 is 1.37. The average Bonchev–Trinajstić information content (AvgIpc) is 2.97. The van der Waals surface area contributed by atoms with Gasteiger partial charge in [-0.1, -0.05) is 6.92 Å². The normalized spacial score (nSPS) is 22.1. The van der Waals surface area contributed by atoms with Crippen LogP contribution in [0.2, 0.25) is 0 Å². The third-order valence-corrected chi connectivity index (χ3v) is 6.79. The Labute approximate surface area is 106 Å². The van der Waals surface area contributed by atoms with E-state index in [1.807, 2.05) is 13.0 Å². The Hall–Kier alpha value is -0.430. The zero-order chi connectivity index (χ0) is 12.5. The number of hydrogen-bond donors (Lipinski definition) is 1. The molecule has 0 spiro atoms. The summed E-state index contributed by atoms with van der Waals surface area (Å²) in [6, 6.07) is 3.59. The minimum Gasteiger partial charge on any atom is -0.329 e. The van der Waals surface area contributed by atoms with Crippen LogP contribution in [-0.2, 0) is 16.4 Å². The molecular formula is C11H18N2O2S2.